The fraction of sp³-hybridized carbons (Fsp3) is 0.667. The van der Waals surface area contributed by atoms with Crippen LogP contribution >= 0.6 is 0 Å². The topological polar surface area (TPSA) is 37.8 Å². The van der Waals surface area contributed by atoms with E-state index in [4.69, 9.17) is 0 Å². The Bertz CT molecular complexity index is 307. The van der Waals surface area contributed by atoms with Gasteiger partial charge in [-0.2, -0.15) is 0 Å². The van der Waals surface area contributed by atoms with Crippen molar-refractivity contribution in [3.05, 3.63) is 23.8 Å². The van der Waals surface area contributed by atoms with Gasteiger partial charge in [0.1, 0.15) is 5.82 Å². The first-order chi connectivity index (χ1) is 7.03. The zero-order valence-electron chi connectivity index (χ0n) is 10.2. The lowest BCUT2D eigenvalue weighted by Crippen LogP contribution is -2.28. The van der Waals surface area contributed by atoms with Crippen molar-refractivity contribution in [2.45, 2.75) is 40.7 Å². The maximum Gasteiger partial charge on any atom is 0.125 e. The van der Waals surface area contributed by atoms with Crippen molar-refractivity contribution in [3.8, 4) is 0 Å². The summed E-state index contributed by atoms with van der Waals surface area (Å²) in [7, 11) is 0. The minimum atomic E-state index is 0.363. The number of nitrogens with zero attached hydrogens (tertiary/aromatic N) is 2. The van der Waals surface area contributed by atoms with Gasteiger partial charge < -0.3 is 5.32 Å². The van der Waals surface area contributed by atoms with Crippen molar-refractivity contribution >= 4 is 0 Å². The first kappa shape index (κ1) is 12.1. The first-order valence-electron chi connectivity index (χ1n) is 5.53. The molecule has 3 nitrogen and oxygen atoms in total. The lowest BCUT2D eigenvalue weighted by atomic mass is 9.90. The van der Waals surface area contributed by atoms with Crippen LogP contribution in [-0.4, -0.2) is 16.5 Å². The van der Waals surface area contributed by atoms with Gasteiger partial charge in [0.25, 0.3) is 0 Å². The predicted molar refractivity (Wildman–Crippen MR) is 62.5 cm³/mol. The van der Waals surface area contributed by atoms with E-state index in [-0.39, 0.29) is 0 Å². The number of hydrogen-bond donors (Lipinski definition) is 1. The van der Waals surface area contributed by atoms with E-state index in [9.17, 15) is 0 Å². The van der Waals surface area contributed by atoms with E-state index in [2.05, 4.69) is 36.1 Å². The molecule has 84 valence electrons. The van der Waals surface area contributed by atoms with Crippen LogP contribution in [0.3, 0.4) is 0 Å². The SMILES string of the molecule is CCC(C)(C)CNCc1ccnc(C)n1. The van der Waals surface area contributed by atoms with E-state index >= 15 is 0 Å². The summed E-state index contributed by atoms with van der Waals surface area (Å²) in [4.78, 5) is 8.42. The second-order valence-corrected chi connectivity index (χ2v) is 4.72. The monoisotopic (exact) mass is 207 g/mol. The van der Waals surface area contributed by atoms with Crippen molar-refractivity contribution in [1.82, 2.24) is 15.3 Å². The third-order valence-corrected chi connectivity index (χ3v) is 2.70. The van der Waals surface area contributed by atoms with Crippen molar-refractivity contribution in [2.75, 3.05) is 6.54 Å². The van der Waals surface area contributed by atoms with Crippen LogP contribution in [0.5, 0.6) is 0 Å². The zero-order chi connectivity index (χ0) is 11.3. The molecule has 0 saturated carbocycles. The molecular weight excluding hydrogens is 186 g/mol. The van der Waals surface area contributed by atoms with Crippen LogP contribution in [0, 0.1) is 12.3 Å². The van der Waals surface area contributed by atoms with Gasteiger partial charge in [-0.05, 0) is 24.8 Å². The lowest BCUT2D eigenvalue weighted by molar-refractivity contribution is 0.327. The van der Waals surface area contributed by atoms with Gasteiger partial charge in [0.05, 0.1) is 5.69 Å². The van der Waals surface area contributed by atoms with E-state index in [0.29, 0.717) is 5.41 Å². The molecule has 1 aromatic heterocycles. The molecule has 3 heteroatoms. The van der Waals surface area contributed by atoms with Gasteiger partial charge in [-0.1, -0.05) is 20.8 Å². The van der Waals surface area contributed by atoms with E-state index in [1.165, 1.54) is 6.42 Å². The highest BCUT2D eigenvalue weighted by atomic mass is 14.9. The van der Waals surface area contributed by atoms with Crippen LogP contribution in [0.4, 0.5) is 0 Å². The molecule has 1 aromatic rings. The van der Waals surface area contributed by atoms with Gasteiger partial charge in [0.2, 0.25) is 0 Å². The number of hydrogen-bond acceptors (Lipinski definition) is 3. The Morgan fingerprint density at radius 2 is 2.13 bits per heavy atom. The van der Waals surface area contributed by atoms with Crippen LogP contribution < -0.4 is 5.32 Å². The summed E-state index contributed by atoms with van der Waals surface area (Å²) in [6.45, 7) is 10.5. The van der Waals surface area contributed by atoms with Crippen molar-refractivity contribution in [3.63, 3.8) is 0 Å². The summed E-state index contributed by atoms with van der Waals surface area (Å²) in [6.07, 6.45) is 2.99. The summed E-state index contributed by atoms with van der Waals surface area (Å²) < 4.78 is 0. The zero-order valence-corrected chi connectivity index (χ0v) is 10.2. The number of aromatic nitrogens is 2. The summed E-state index contributed by atoms with van der Waals surface area (Å²) >= 11 is 0. The Morgan fingerprint density at radius 1 is 1.40 bits per heavy atom. The summed E-state index contributed by atoms with van der Waals surface area (Å²) in [6, 6.07) is 1.96. The fourth-order valence-electron chi connectivity index (χ4n) is 1.26. The number of nitrogens with one attached hydrogen (secondary N) is 1. The molecule has 0 amide bonds. The molecule has 1 N–H and O–H groups in total. The molecule has 0 spiro atoms. The highest BCUT2D eigenvalue weighted by Crippen LogP contribution is 2.17. The molecule has 0 aliphatic heterocycles. The number of rotatable bonds is 5. The maximum absolute atomic E-state index is 4.34. The molecule has 1 rings (SSSR count). The van der Waals surface area contributed by atoms with Crippen LogP contribution in [0.1, 0.15) is 38.7 Å². The quantitative estimate of drug-likeness (QED) is 0.805. The van der Waals surface area contributed by atoms with E-state index < -0.39 is 0 Å². The van der Waals surface area contributed by atoms with Gasteiger partial charge in [-0.25, -0.2) is 9.97 Å². The Kier molecular flexibility index (Phi) is 4.21. The molecule has 0 aromatic carbocycles. The Hall–Kier alpha value is -0.960. The molecule has 15 heavy (non-hydrogen) atoms. The van der Waals surface area contributed by atoms with E-state index in [0.717, 1.165) is 24.6 Å². The Balaban J connectivity index is 2.38. The van der Waals surface area contributed by atoms with Crippen LogP contribution in [0.2, 0.25) is 0 Å². The Morgan fingerprint density at radius 3 is 2.73 bits per heavy atom. The molecule has 0 atom stereocenters. The summed E-state index contributed by atoms with van der Waals surface area (Å²) in [5.41, 5.74) is 1.43. The standard InChI is InChI=1S/C12H21N3/c1-5-12(3,4)9-13-8-11-6-7-14-10(2)15-11/h6-7,13H,5,8-9H2,1-4H3. The second kappa shape index (κ2) is 5.21. The third kappa shape index (κ3) is 4.38. The number of aryl methyl sites for hydroxylation is 1. The maximum atomic E-state index is 4.34. The van der Waals surface area contributed by atoms with Crippen molar-refractivity contribution in [2.24, 2.45) is 5.41 Å². The van der Waals surface area contributed by atoms with Crippen LogP contribution in [-0.2, 0) is 6.54 Å². The molecule has 0 aliphatic carbocycles. The van der Waals surface area contributed by atoms with Gasteiger partial charge in [-0.3, -0.25) is 0 Å². The molecule has 0 unspecified atom stereocenters. The van der Waals surface area contributed by atoms with Gasteiger partial charge in [0, 0.05) is 19.3 Å². The largest absolute Gasteiger partial charge is 0.311 e. The first-order valence-corrected chi connectivity index (χ1v) is 5.53. The highest BCUT2D eigenvalue weighted by Gasteiger charge is 2.13. The molecule has 0 bridgehead atoms. The van der Waals surface area contributed by atoms with Gasteiger partial charge in [-0.15, -0.1) is 0 Å². The second-order valence-electron chi connectivity index (χ2n) is 4.72. The fourth-order valence-corrected chi connectivity index (χ4v) is 1.26. The predicted octanol–water partition coefficient (Wildman–Crippen LogP) is 2.31. The molecular formula is C12H21N3. The minimum Gasteiger partial charge on any atom is -0.311 e. The smallest absolute Gasteiger partial charge is 0.125 e. The molecule has 1 heterocycles. The Labute approximate surface area is 92.3 Å². The van der Waals surface area contributed by atoms with Gasteiger partial charge in [0.15, 0.2) is 0 Å². The molecule has 0 radical (unpaired) electrons. The average Bonchev–Trinajstić information content (AvgIpc) is 2.18. The van der Waals surface area contributed by atoms with E-state index in [1.807, 2.05) is 19.2 Å². The minimum absolute atomic E-state index is 0.363. The van der Waals surface area contributed by atoms with Crippen molar-refractivity contribution in [1.29, 1.82) is 0 Å². The molecule has 0 saturated heterocycles. The van der Waals surface area contributed by atoms with Crippen LogP contribution in [0.15, 0.2) is 12.3 Å². The molecule has 0 fully saturated rings. The third-order valence-electron chi connectivity index (χ3n) is 2.70. The van der Waals surface area contributed by atoms with Gasteiger partial charge >= 0.3 is 0 Å². The highest BCUT2D eigenvalue weighted by molar-refractivity contribution is 5.01. The van der Waals surface area contributed by atoms with E-state index in [1.54, 1.807) is 0 Å². The van der Waals surface area contributed by atoms with Crippen molar-refractivity contribution < 1.29 is 0 Å². The average molecular weight is 207 g/mol. The lowest BCUT2D eigenvalue weighted by Gasteiger charge is -2.22. The molecule has 0 aliphatic rings. The summed E-state index contributed by atoms with van der Waals surface area (Å²) in [5, 5.41) is 3.43. The van der Waals surface area contributed by atoms with Crippen LogP contribution in [0.25, 0.3) is 0 Å². The normalized spacial score (nSPS) is 11.7. The summed E-state index contributed by atoms with van der Waals surface area (Å²) in [5.74, 6) is 0.837.